The fourth-order valence-electron chi connectivity index (χ4n) is 3.11. The van der Waals surface area contributed by atoms with E-state index in [4.69, 9.17) is 0 Å². The van der Waals surface area contributed by atoms with E-state index < -0.39 is 10.1 Å². The Bertz CT molecular complexity index is 1320. The number of thiazole rings is 1. The third-order valence-electron chi connectivity index (χ3n) is 4.70. The van der Waals surface area contributed by atoms with Crippen LogP contribution in [0.5, 0.6) is 0 Å². The molecule has 1 heterocycles. The van der Waals surface area contributed by atoms with Crippen molar-refractivity contribution in [2.45, 2.75) is 18.4 Å². The molecule has 0 spiro atoms. The molecular weight excluding hydrogens is 455 g/mol. The van der Waals surface area contributed by atoms with Gasteiger partial charge in [-0.25, -0.2) is 13.4 Å². The summed E-state index contributed by atoms with van der Waals surface area (Å²) in [7, 11) is -4.52. The molecule has 0 aliphatic heterocycles. The molecule has 0 atom stereocenters. The fraction of sp³-hybridized carbons (Fsp3) is 0.136. The van der Waals surface area contributed by atoms with Crippen LogP contribution in [0.2, 0.25) is 0 Å². The summed E-state index contributed by atoms with van der Waals surface area (Å²) in [5, 5.41) is 8.77. The van der Waals surface area contributed by atoms with E-state index in [0.29, 0.717) is 16.3 Å². The van der Waals surface area contributed by atoms with E-state index in [1.807, 2.05) is 42.5 Å². The first kappa shape index (κ1) is 24.5. The summed E-state index contributed by atoms with van der Waals surface area (Å²) in [6.07, 6.45) is 0. The molecule has 10 heteroatoms. The Hall–Kier alpha value is -2.14. The number of azo groups is 1. The summed E-state index contributed by atoms with van der Waals surface area (Å²) < 4.78 is 34.2. The van der Waals surface area contributed by atoms with Gasteiger partial charge in [-0.05, 0) is 55.0 Å². The normalized spacial score (nSPS) is 11.6. The van der Waals surface area contributed by atoms with Crippen LogP contribution in [-0.4, -0.2) is 24.5 Å². The number of anilines is 1. The van der Waals surface area contributed by atoms with Gasteiger partial charge in [-0.15, -0.1) is 10.2 Å². The monoisotopic (exact) mass is 474 g/mol. The zero-order valence-electron chi connectivity index (χ0n) is 17.7. The van der Waals surface area contributed by atoms with Crippen LogP contribution in [0.4, 0.5) is 16.5 Å². The maximum Gasteiger partial charge on any atom is 1.00 e. The second-order valence-electron chi connectivity index (χ2n) is 6.80. The fourth-order valence-corrected chi connectivity index (χ4v) is 4.37. The number of aromatic nitrogens is 1. The topological polar surface area (TPSA) is 98.1 Å². The van der Waals surface area contributed by atoms with Crippen molar-refractivity contribution in [2.24, 2.45) is 10.2 Å². The molecule has 4 aromatic rings. The maximum absolute atomic E-state index is 11.2. The third-order valence-corrected chi connectivity index (χ3v) is 6.45. The molecule has 0 saturated heterocycles. The van der Waals surface area contributed by atoms with Gasteiger partial charge in [-0.3, -0.25) is 0 Å². The van der Waals surface area contributed by atoms with Gasteiger partial charge in [-0.2, -0.15) is 0 Å². The first-order valence-electron chi connectivity index (χ1n) is 9.59. The second-order valence-corrected chi connectivity index (χ2v) is 9.19. The standard InChI is InChI=1S/C22H20N4O3S2.Na/c1-2-26(15-16-6-4-3-5-7-16)18-10-8-17(9-11-18)24-25-22-23-20-14-19(31(27,28)29)12-13-21(20)30-22;/h3-14H,2,15H2,1H3,(H,27,28,29);/q;+1/p-1. The molecule has 3 aromatic carbocycles. The average molecular weight is 475 g/mol. The molecule has 0 aliphatic carbocycles. The molecule has 1 aromatic heterocycles. The van der Waals surface area contributed by atoms with Crippen molar-refractivity contribution in [3.63, 3.8) is 0 Å². The summed E-state index contributed by atoms with van der Waals surface area (Å²) in [4.78, 5) is 6.22. The molecule has 0 N–H and O–H groups in total. The Morgan fingerprint density at radius 3 is 2.38 bits per heavy atom. The number of fused-ring (bicyclic) bond motifs is 1. The van der Waals surface area contributed by atoms with Crippen molar-refractivity contribution >= 4 is 48.2 Å². The Kier molecular flexibility index (Phi) is 8.16. The quantitative estimate of drug-likeness (QED) is 0.233. The summed E-state index contributed by atoms with van der Waals surface area (Å²) >= 11 is 1.27. The van der Waals surface area contributed by atoms with E-state index in [0.717, 1.165) is 23.5 Å². The molecule has 0 radical (unpaired) electrons. The molecule has 0 amide bonds. The van der Waals surface area contributed by atoms with E-state index in [-0.39, 0.29) is 34.5 Å². The largest absolute Gasteiger partial charge is 1.00 e. The van der Waals surface area contributed by atoms with Crippen molar-refractivity contribution in [3.05, 3.63) is 78.4 Å². The molecule has 0 unspecified atom stereocenters. The van der Waals surface area contributed by atoms with Gasteiger partial charge in [0.25, 0.3) is 0 Å². The summed E-state index contributed by atoms with van der Waals surface area (Å²) in [6, 6.07) is 22.2. The smallest absolute Gasteiger partial charge is 0.744 e. The van der Waals surface area contributed by atoms with Crippen molar-refractivity contribution in [1.82, 2.24) is 4.98 Å². The number of benzene rings is 3. The first-order valence-corrected chi connectivity index (χ1v) is 11.8. The van der Waals surface area contributed by atoms with Crippen molar-refractivity contribution < 1.29 is 42.5 Å². The van der Waals surface area contributed by atoms with Crippen LogP contribution in [0, 0.1) is 0 Å². The van der Waals surface area contributed by atoms with Crippen LogP contribution in [0.15, 0.2) is 87.9 Å². The molecule has 0 bridgehead atoms. The Balaban J connectivity index is 0.00000289. The maximum atomic E-state index is 11.2. The molecule has 158 valence electrons. The number of hydrogen-bond acceptors (Lipinski definition) is 8. The third kappa shape index (κ3) is 6.00. The van der Waals surface area contributed by atoms with Crippen LogP contribution in [0.1, 0.15) is 12.5 Å². The Morgan fingerprint density at radius 1 is 1.00 bits per heavy atom. The van der Waals surface area contributed by atoms with Crippen molar-refractivity contribution in [3.8, 4) is 0 Å². The van der Waals surface area contributed by atoms with Crippen LogP contribution < -0.4 is 34.5 Å². The molecule has 7 nitrogen and oxygen atoms in total. The van der Waals surface area contributed by atoms with E-state index in [1.165, 1.54) is 29.0 Å². The molecule has 4 rings (SSSR count). The number of hydrogen-bond donors (Lipinski definition) is 0. The molecular formula is C22H19N4NaO3S2. The van der Waals surface area contributed by atoms with Crippen LogP contribution >= 0.6 is 11.3 Å². The van der Waals surface area contributed by atoms with Crippen LogP contribution in [0.3, 0.4) is 0 Å². The molecule has 32 heavy (non-hydrogen) atoms. The van der Waals surface area contributed by atoms with Crippen LogP contribution in [-0.2, 0) is 16.7 Å². The number of rotatable bonds is 7. The molecule has 0 saturated carbocycles. The predicted octanol–water partition coefficient (Wildman–Crippen LogP) is 2.65. The van der Waals surface area contributed by atoms with Gasteiger partial charge in [0.1, 0.15) is 10.1 Å². The zero-order chi connectivity index (χ0) is 21.8. The van der Waals surface area contributed by atoms with E-state index in [1.54, 1.807) is 6.07 Å². The van der Waals surface area contributed by atoms with Gasteiger partial charge >= 0.3 is 29.6 Å². The Labute approximate surface area is 212 Å². The summed E-state index contributed by atoms with van der Waals surface area (Å²) in [6.45, 7) is 3.82. The molecule has 0 aliphatic rings. The van der Waals surface area contributed by atoms with Gasteiger partial charge < -0.3 is 9.45 Å². The summed E-state index contributed by atoms with van der Waals surface area (Å²) in [5.74, 6) is 0. The van der Waals surface area contributed by atoms with E-state index >= 15 is 0 Å². The van der Waals surface area contributed by atoms with Crippen molar-refractivity contribution in [1.29, 1.82) is 0 Å². The van der Waals surface area contributed by atoms with Gasteiger partial charge in [0.05, 0.1) is 20.8 Å². The zero-order valence-corrected chi connectivity index (χ0v) is 21.3. The van der Waals surface area contributed by atoms with Gasteiger partial charge in [0.2, 0.25) is 5.13 Å². The summed E-state index contributed by atoms with van der Waals surface area (Å²) in [5.41, 5.74) is 3.43. The number of nitrogens with zero attached hydrogens (tertiary/aromatic N) is 4. The van der Waals surface area contributed by atoms with Crippen LogP contribution in [0.25, 0.3) is 10.2 Å². The first-order chi connectivity index (χ1) is 14.9. The minimum absolute atomic E-state index is 0. The van der Waals surface area contributed by atoms with Gasteiger partial charge in [-0.1, -0.05) is 41.7 Å². The predicted molar refractivity (Wildman–Crippen MR) is 121 cm³/mol. The minimum atomic E-state index is -4.52. The SMILES string of the molecule is CCN(Cc1ccccc1)c1ccc(N=Nc2nc3cc(S(=O)(=O)[O-])ccc3s2)cc1.[Na+]. The van der Waals surface area contributed by atoms with Gasteiger partial charge in [0.15, 0.2) is 0 Å². The second kappa shape index (κ2) is 10.7. The van der Waals surface area contributed by atoms with Gasteiger partial charge in [0, 0.05) is 18.8 Å². The van der Waals surface area contributed by atoms with E-state index in [9.17, 15) is 13.0 Å². The minimum Gasteiger partial charge on any atom is -0.744 e. The Morgan fingerprint density at radius 2 is 1.72 bits per heavy atom. The van der Waals surface area contributed by atoms with E-state index in [2.05, 4.69) is 39.2 Å². The van der Waals surface area contributed by atoms with Crippen molar-refractivity contribution in [2.75, 3.05) is 11.4 Å². The average Bonchev–Trinajstić information content (AvgIpc) is 3.19. The molecule has 0 fully saturated rings.